The number of hydrogen-bond acceptors (Lipinski definition) is 10. The van der Waals surface area contributed by atoms with Gasteiger partial charge in [0.05, 0.1) is 25.4 Å². The van der Waals surface area contributed by atoms with Gasteiger partial charge in [0, 0.05) is 19.4 Å². The number of phosphoric ester groups is 1. The Morgan fingerprint density at radius 1 is 0.627 bits per heavy atom. The van der Waals surface area contributed by atoms with Gasteiger partial charge in [-0.3, -0.25) is 18.6 Å². The van der Waals surface area contributed by atoms with Gasteiger partial charge in [-0.2, -0.15) is 0 Å². The molecule has 0 saturated carbocycles. The van der Waals surface area contributed by atoms with Crippen molar-refractivity contribution in [3.8, 4) is 0 Å². The van der Waals surface area contributed by atoms with E-state index in [4.69, 9.17) is 24.3 Å². The first-order valence-electron chi connectivity index (χ1n) is 22.3. The minimum absolute atomic E-state index is 0.0153. The van der Waals surface area contributed by atoms with Gasteiger partial charge in [0.1, 0.15) is 6.61 Å². The molecule has 0 aliphatic heterocycles. The zero-order chi connectivity index (χ0) is 43.5. The highest BCUT2D eigenvalue weighted by Crippen LogP contribution is 2.43. The summed E-state index contributed by atoms with van der Waals surface area (Å²) in [6, 6.07) is 0. The maximum absolute atomic E-state index is 12.6. The van der Waals surface area contributed by atoms with Crippen LogP contribution in [0.3, 0.4) is 0 Å². The summed E-state index contributed by atoms with van der Waals surface area (Å²) in [4.78, 5) is 34.9. The van der Waals surface area contributed by atoms with Gasteiger partial charge in [0.25, 0.3) is 0 Å². The topological polar surface area (TPSA) is 175 Å². The van der Waals surface area contributed by atoms with E-state index in [1.54, 1.807) is 30.4 Å². The highest BCUT2D eigenvalue weighted by molar-refractivity contribution is 7.47. The number of carbonyl (C=O) groups excluding carboxylic acids is 2. The van der Waals surface area contributed by atoms with Crippen LogP contribution >= 0.6 is 7.82 Å². The van der Waals surface area contributed by atoms with Crippen molar-refractivity contribution in [2.24, 2.45) is 5.73 Å². The molecule has 0 aromatic heterocycles. The summed E-state index contributed by atoms with van der Waals surface area (Å²) in [6.45, 7) is 3.29. The molecule has 338 valence electrons. The molecule has 0 spiro atoms. The number of carbonyl (C=O) groups is 2. The molecule has 0 radical (unpaired) electrons. The molecule has 12 heteroatoms. The second kappa shape index (κ2) is 41.8. The molecular formula is C47H80NO10P. The van der Waals surface area contributed by atoms with E-state index in [9.17, 15) is 29.3 Å². The minimum Gasteiger partial charge on any atom is -0.462 e. The van der Waals surface area contributed by atoms with Gasteiger partial charge in [-0.25, -0.2) is 4.57 Å². The summed E-state index contributed by atoms with van der Waals surface area (Å²) in [5.74, 6) is -1.02. The number of nitrogens with two attached hydrogens (primary N) is 1. The van der Waals surface area contributed by atoms with Gasteiger partial charge in [-0.05, 0) is 64.2 Å². The highest BCUT2D eigenvalue weighted by atomic mass is 31.2. The number of ether oxygens (including phenoxy) is 2. The van der Waals surface area contributed by atoms with Crippen molar-refractivity contribution in [3.63, 3.8) is 0 Å². The Kier molecular flexibility index (Phi) is 39.8. The van der Waals surface area contributed by atoms with E-state index in [0.717, 1.165) is 32.1 Å². The molecule has 0 saturated heterocycles. The number of unbranched alkanes of at least 4 members (excludes halogenated alkanes) is 14. The van der Waals surface area contributed by atoms with Crippen molar-refractivity contribution in [3.05, 3.63) is 85.1 Å². The number of rotatable bonds is 40. The fourth-order valence-corrected chi connectivity index (χ4v) is 6.37. The Labute approximate surface area is 357 Å². The Morgan fingerprint density at radius 2 is 1.22 bits per heavy atom. The third-order valence-corrected chi connectivity index (χ3v) is 9.92. The van der Waals surface area contributed by atoms with E-state index < -0.39 is 44.7 Å². The van der Waals surface area contributed by atoms with Crippen LogP contribution in [0.5, 0.6) is 0 Å². The first-order valence-corrected chi connectivity index (χ1v) is 23.8. The van der Waals surface area contributed by atoms with Gasteiger partial charge >= 0.3 is 19.8 Å². The Bertz CT molecular complexity index is 1280. The molecule has 11 nitrogen and oxygen atoms in total. The largest absolute Gasteiger partial charge is 0.472 e. The van der Waals surface area contributed by atoms with Crippen LogP contribution in [-0.4, -0.2) is 71.7 Å². The molecule has 0 aliphatic rings. The Hall–Kier alpha value is -2.89. The van der Waals surface area contributed by atoms with Crippen molar-refractivity contribution >= 4 is 19.8 Å². The molecule has 0 aromatic carbocycles. The third-order valence-electron chi connectivity index (χ3n) is 8.94. The molecule has 1 unspecified atom stereocenters. The normalized spacial score (nSPS) is 15.2. The van der Waals surface area contributed by atoms with E-state index in [1.807, 2.05) is 42.5 Å². The van der Waals surface area contributed by atoms with Gasteiger partial charge in [0.15, 0.2) is 6.10 Å². The molecule has 59 heavy (non-hydrogen) atoms. The fourth-order valence-electron chi connectivity index (χ4n) is 5.60. The molecule has 4 atom stereocenters. The SMILES string of the molecule is CC/C=C\C[C@H](O)/C=C/C=C\C/C=C\C=C\[C@H](O)/C=C\CCCC(=O)O[C@H](COC(=O)CCCCCCCCC/C=C\CCCCCCCC)COP(=O)(O)OCCN. The molecule has 0 heterocycles. The van der Waals surface area contributed by atoms with Crippen LogP contribution in [0.25, 0.3) is 0 Å². The summed E-state index contributed by atoms with van der Waals surface area (Å²) in [5, 5.41) is 20.0. The van der Waals surface area contributed by atoms with E-state index in [1.165, 1.54) is 64.2 Å². The van der Waals surface area contributed by atoms with Crippen molar-refractivity contribution in [2.45, 2.75) is 173 Å². The lowest BCUT2D eigenvalue weighted by molar-refractivity contribution is -0.161. The lowest BCUT2D eigenvalue weighted by Crippen LogP contribution is -2.29. The second-order valence-electron chi connectivity index (χ2n) is 14.6. The average Bonchev–Trinajstić information content (AvgIpc) is 3.21. The van der Waals surface area contributed by atoms with Gasteiger partial charge in [-0.1, -0.05) is 163 Å². The zero-order valence-electron chi connectivity index (χ0n) is 36.4. The second-order valence-corrected chi connectivity index (χ2v) is 16.0. The van der Waals surface area contributed by atoms with Crippen LogP contribution in [0, 0.1) is 0 Å². The first-order chi connectivity index (χ1) is 28.6. The molecule has 0 fully saturated rings. The van der Waals surface area contributed by atoms with Crippen LogP contribution in [-0.2, 0) is 32.7 Å². The molecule has 0 amide bonds. The van der Waals surface area contributed by atoms with Gasteiger partial charge in [-0.15, -0.1) is 0 Å². The van der Waals surface area contributed by atoms with E-state index in [-0.39, 0.29) is 32.6 Å². The van der Waals surface area contributed by atoms with Crippen molar-refractivity contribution < 1.29 is 47.8 Å². The zero-order valence-corrected chi connectivity index (χ0v) is 37.3. The van der Waals surface area contributed by atoms with Gasteiger partial charge in [0.2, 0.25) is 0 Å². The maximum Gasteiger partial charge on any atom is 0.472 e. The number of aliphatic hydroxyl groups is 2. The highest BCUT2D eigenvalue weighted by Gasteiger charge is 2.26. The Balaban J connectivity index is 4.42. The smallest absolute Gasteiger partial charge is 0.462 e. The summed E-state index contributed by atoms with van der Waals surface area (Å²) in [5.41, 5.74) is 5.33. The summed E-state index contributed by atoms with van der Waals surface area (Å²) in [6.07, 6.45) is 45.4. The number of hydrogen-bond donors (Lipinski definition) is 4. The molecule has 0 aromatic rings. The van der Waals surface area contributed by atoms with Crippen LogP contribution in [0.2, 0.25) is 0 Å². The van der Waals surface area contributed by atoms with Crippen molar-refractivity contribution in [1.29, 1.82) is 0 Å². The number of phosphoric acid groups is 1. The Morgan fingerprint density at radius 3 is 1.86 bits per heavy atom. The fraction of sp³-hybridized carbons (Fsp3) is 0.660. The number of allylic oxidation sites excluding steroid dienone is 10. The standard InChI is InChI=1S/C47H80NO10P/c1-3-5-7-8-9-10-11-12-13-14-15-16-17-18-22-25-31-37-46(51)55-41-45(42-57-59(53,54)56-40-39-48)58-47(52)38-32-26-30-36-44(50)35-29-24-21-19-20-23-28-34-43(49)33-27-6-4-2/h6,12-13,20-21,23-24,27-30,34-36,43-45,49-50H,3-5,7-11,14-19,22,25-26,31-33,37-42,48H2,1-2H3,(H,53,54)/b13-12-,23-20-,24-21-,27-6-,34-28+,35-29+,36-30-/t43-,44-,45+/m0/s1. The molecular weight excluding hydrogens is 769 g/mol. The number of esters is 2. The summed E-state index contributed by atoms with van der Waals surface area (Å²) in [7, 11) is -4.44. The quantitative estimate of drug-likeness (QED) is 0.0152. The van der Waals surface area contributed by atoms with Crippen LogP contribution in [0.4, 0.5) is 0 Å². The monoisotopic (exact) mass is 850 g/mol. The number of aliphatic hydroxyl groups excluding tert-OH is 2. The van der Waals surface area contributed by atoms with E-state index >= 15 is 0 Å². The van der Waals surface area contributed by atoms with Gasteiger partial charge < -0.3 is 30.3 Å². The molecule has 5 N–H and O–H groups in total. The van der Waals surface area contributed by atoms with Crippen molar-refractivity contribution in [2.75, 3.05) is 26.4 Å². The predicted octanol–water partition coefficient (Wildman–Crippen LogP) is 10.8. The lowest BCUT2D eigenvalue weighted by Gasteiger charge is -2.19. The van der Waals surface area contributed by atoms with Crippen molar-refractivity contribution in [1.82, 2.24) is 0 Å². The molecule has 0 rings (SSSR count). The van der Waals surface area contributed by atoms with Crippen LogP contribution in [0.1, 0.15) is 155 Å². The maximum atomic E-state index is 12.6. The summed E-state index contributed by atoms with van der Waals surface area (Å²) >= 11 is 0. The third kappa shape index (κ3) is 41.6. The molecule has 0 bridgehead atoms. The van der Waals surface area contributed by atoms with Crippen LogP contribution < -0.4 is 5.73 Å². The lowest BCUT2D eigenvalue weighted by atomic mass is 10.1. The first kappa shape index (κ1) is 56.1. The van der Waals surface area contributed by atoms with E-state index in [2.05, 4.69) is 26.0 Å². The molecule has 0 aliphatic carbocycles. The summed E-state index contributed by atoms with van der Waals surface area (Å²) < 4.78 is 32.6. The van der Waals surface area contributed by atoms with Crippen LogP contribution in [0.15, 0.2) is 85.1 Å². The minimum atomic E-state index is -4.44. The predicted molar refractivity (Wildman–Crippen MR) is 241 cm³/mol. The average molecular weight is 850 g/mol. The van der Waals surface area contributed by atoms with E-state index in [0.29, 0.717) is 32.1 Å².